The van der Waals surface area contributed by atoms with Gasteiger partial charge in [0.05, 0.1) is 5.69 Å². The van der Waals surface area contributed by atoms with Crippen LogP contribution in [0.2, 0.25) is 0 Å². The summed E-state index contributed by atoms with van der Waals surface area (Å²) >= 11 is 0. The molecule has 1 aromatic carbocycles. The van der Waals surface area contributed by atoms with Crippen molar-refractivity contribution in [2.75, 3.05) is 18.9 Å². The lowest BCUT2D eigenvalue weighted by Crippen LogP contribution is -2.15. The Hall–Kier alpha value is -2.17. The topological polar surface area (TPSA) is 62.3 Å². The lowest BCUT2D eigenvalue weighted by molar-refractivity contribution is 0.171. The van der Waals surface area contributed by atoms with E-state index in [1.807, 2.05) is 31.2 Å². The highest BCUT2D eigenvalue weighted by Gasteiger charge is 2.13. The van der Waals surface area contributed by atoms with E-state index in [-0.39, 0.29) is 0 Å². The van der Waals surface area contributed by atoms with Crippen LogP contribution in [0.15, 0.2) is 24.3 Å². The fourth-order valence-corrected chi connectivity index (χ4v) is 1.92. The predicted molar refractivity (Wildman–Crippen MR) is 63.7 cm³/mol. The Bertz CT molecular complexity index is 563. The Balaban J connectivity index is 2.06. The molecule has 3 rings (SSSR count). The zero-order chi connectivity index (χ0) is 11.8. The van der Waals surface area contributed by atoms with E-state index >= 15 is 0 Å². The first-order chi connectivity index (χ1) is 8.24. The van der Waals surface area contributed by atoms with E-state index in [0.717, 1.165) is 22.9 Å². The van der Waals surface area contributed by atoms with E-state index in [4.69, 9.17) is 15.2 Å². The highest BCUT2D eigenvalue weighted by Crippen LogP contribution is 2.32. The van der Waals surface area contributed by atoms with Crippen molar-refractivity contribution in [1.82, 2.24) is 9.78 Å². The first kappa shape index (κ1) is 10.0. The van der Waals surface area contributed by atoms with Gasteiger partial charge >= 0.3 is 0 Å². The van der Waals surface area contributed by atoms with Gasteiger partial charge in [0, 0.05) is 17.8 Å². The van der Waals surface area contributed by atoms with E-state index in [0.29, 0.717) is 19.0 Å². The number of nitrogens with two attached hydrogens (primary N) is 1. The number of fused-ring (bicyclic) bond motifs is 1. The van der Waals surface area contributed by atoms with Crippen molar-refractivity contribution in [1.29, 1.82) is 0 Å². The van der Waals surface area contributed by atoms with Gasteiger partial charge in [-0.1, -0.05) is 0 Å². The third kappa shape index (κ3) is 1.69. The molecule has 0 saturated heterocycles. The van der Waals surface area contributed by atoms with Crippen molar-refractivity contribution in [3.05, 3.63) is 30.0 Å². The molecule has 0 radical (unpaired) electrons. The summed E-state index contributed by atoms with van der Waals surface area (Å²) in [6.07, 6.45) is 0. The maximum Gasteiger partial charge on any atom is 0.163 e. The molecule has 2 aromatic rings. The first-order valence-electron chi connectivity index (χ1n) is 5.46. The van der Waals surface area contributed by atoms with Crippen LogP contribution in [0.25, 0.3) is 5.69 Å². The van der Waals surface area contributed by atoms with Crippen molar-refractivity contribution in [3.8, 4) is 17.2 Å². The van der Waals surface area contributed by atoms with Crippen LogP contribution in [-0.2, 0) is 0 Å². The molecule has 0 amide bonds. The number of hydrogen-bond acceptors (Lipinski definition) is 4. The second kappa shape index (κ2) is 3.69. The number of nitrogen functional groups attached to an aromatic ring is 1. The summed E-state index contributed by atoms with van der Waals surface area (Å²) in [5.41, 5.74) is 7.57. The van der Waals surface area contributed by atoms with Gasteiger partial charge in [-0.2, -0.15) is 5.10 Å². The zero-order valence-corrected chi connectivity index (χ0v) is 9.51. The number of ether oxygens (including phenoxy) is 2. The monoisotopic (exact) mass is 231 g/mol. The van der Waals surface area contributed by atoms with E-state index in [1.165, 1.54) is 0 Å². The van der Waals surface area contributed by atoms with Gasteiger partial charge in [0.1, 0.15) is 19.0 Å². The number of hydrogen-bond donors (Lipinski definition) is 1. The summed E-state index contributed by atoms with van der Waals surface area (Å²) in [5, 5.41) is 4.23. The van der Waals surface area contributed by atoms with Crippen LogP contribution >= 0.6 is 0 Å². The van der Waals surface area contributed by atoms with Crippen molar-refractivity contribution in [2.45, 2.75) is 6.92 Å². The molecule has 5 nitrogen and oxygen atoms in total. The molecule has 1 aromatic heterocycles. The molecule has 0 bridgehead atoms. The smallest absolute Gasteiger partial charge is 0.163 e. The number of aryl methyl sites for hydroxylation is 1. The quantitative estimate of drug-likeness (QED) is 0.808. The maximum absolute atomic E-state index is 5.67. The highest BCUT2D eigenvalue weighted by molar-refractivity contribution is 5.50. The zero-order valence-electron chi connectivity index (χ0n) is 9.51. The Morgan fingerprint density at radius 3 is 2.65 bits per heavy atom. The summed E-state index contributed by atoms with van der Waals surface area (Å²) in [6.45, 7) is 3.14. The predicted octanol–water partition coefficient (Wildman–Crippen LogP) is 1.53. The molecule has 0 aliphatic carbocycles. The molecule has 17 heavy (non-hydrogen) atoms. The first-order valence-corrected chi connectivity index (χ1v) is 5.46. The van der Waals surface area contributed by atoms with Gasteiger partial charge in [0.25, 0.3) is 0 Å². The molecule has 1 aliphatic heterocycles. The Morgan fingerprint density at radius 2 is 1.94 bits per heavy atom. The lowest BCUT2D eigenvalue weighted by Gasteiger charge is -2.19. The van der Waals surface area contributed by atoms with E-state index < -0.39 is 0 Å². The fraction of sp³-hybridized carbons (Fsp3) is 0.250. The summed E-state index contributed by atoms with van der Waals surface area (Å²) in [4.78, 5) is 0. The number of aromatic nitrogens is 2. The van der Waals surface area contributed by atoms with Crippen LogP contribution in [0.4, 0.5) is 5.82 Å². The molecule has 0 saturated carbocycles. The third-order valence-corrected chi connectivity index (χ3v) is 2.68. The van der Waals surface area contributed by atoms with Crippen LogP contribution in [-0.4, -0.2) is 23.0 Å². The standard InChI is InChI=1S/C12H13N3O2/c1-8-6-12(13)14-15(8)9-2-3-10-11(7-9)17-5-4-16-10/h2-3,6-7H,4-5H2,1H3,(H2,13,14). The van der Waals surface area contributed by atoms with Crippen LogP contribution < -0.4 is 15.2 Å². The van der Waals surface area contributed by atoms with Gasteiger partial charge in [0.15, 0.2) is 11.5 Å². The van der Waals surface area contributed by atoms with Gasteiger partial charge in [-0.15, -0.1) is 0 Å². The minimum absolute atomic E-state index is 0.511. The largest absolute Gasteiger partial charge is 0.486 e. The molecule has 0 unspecified atom stereocenters. The third-order valence-electron chi connectivity index (χ3n) is 2.68. The summed E-state index contributed by atoms with van der Waals surface area (Å²) in [6, 6.07) is 7.57. The molecule has 0 atom stereocenters. The minimum atomic E-state index is 0.511. The average molecular weight is 231 g/mol. The molecule has 2 heterocycles. The van der Waals surface area contributed by atoms with Crippen LogP contribution in [0, 0.1) is 6.92 Å². The molecule has 5 heteroatoms. The molecule has 1 aliphatic rings. The normalized spacial score (nSPS) is 13.7. The Labute approximate surface area is 98.8 Å². The number of anilines is 1. The summed E-state index contributed by atoms with van der Waals surface area (Å²) in [7, 11) is 0. The summed E-state index contributed by atoms with van der Waals surface area (Å²) < 4.78 is 12.8. The number of benzene rings is 1. The highest BCUT2D eigenvalue weighted by atomic mass is 16.6. The number of nitrogens with zero attached hydrogens (tertiary/aromatic N) is 2. The second-order valence-electron chi connectivity index (χ2n) is 3.95. The van der Waals surface area contributed by atoms with Gasteiger partial charge in [0.2, 0.25) is 0 Å². The van der Waals surface area contributed by atoms with Crippen molar-refractivity contribution in [2.24, 2.45) is 0 Å². The fourth-order valence-electron chi connectivity index (χ4n) is 1.92. The molecule has 0 spiro atoms. The second-order valence-corrected chi connectivity index (χ2v) is 3.95. The molecular weight excluding hydrogens is 218 g/mol. The maximum atomic E-state index is 5.67. The molecule has 0 fully saturated rings. The SMILES string of the molecule is Cc1cc(N)nn1-c1ccc2c(c1)OCCO2. The van der Waals surface area contributed by atoms with E-state index in [2.05, 4.69) is 5.10 Å². The van der Waals surface area contributed by atoms with Crippen LogP contribution in [0.3, 0.4) is 0 Å². The van der Waals surface area contributed by atoms with Crippen LogP contribution in [0.1, 0.15) is 5.69 Å². The lowest BCUT2D eigenvalue weighted by atomic mass is 10.2. The molecular formula is C12H13N3O2. The van der Waals surface area contributed by atoms with Gasteiger partial charge < -0.3 is 15.2 Å². The van der Waals surface area contributed by atoms with Gasteiger partial charge in [-0.25, -0.2) is 4.68 Å². The summed E-state index contributed by atoms with van der Waals surface area (Å²) in [5.74, 6) is 2.04. The Morgan fingerprint density at radius 1 is 1.18 bits per heavy atom. The van der Waals surface area contributed by atoms with Gasteiger partial charge in [-0.05, 0) is 19.1 Å². The minimum Gasteiger partial charge on any atom is -0.486 e. The average Bonchev–Trinajstić information content (AvgIpc) is 2.68. The molecule has 88 valence electrons. The van der Waals surface area contributed by atoms with E-state index in [9.17, 15) is 0 Å². The van der Waals surface area contributed by atoms with Crippen molar-refractivity contribution in [3.63, 3.8) is 0 Å². The van der Waals surface area contributed by atoms with Gasteiger partial charge in [-0.3, -0.25) is 0 Å². The van der Waals surface area contributed by atoms with Crippen LogP contribution in [0.5, 0.6) is 11.5 Å². The van der Waals surface area contributed by atoms with Crippen molar-refractivity contribution >= 4 is 5.82 Å². The Kier molecular flexibility index (Phi) is 2.18. The van der Waals surface area contributed by atoms with E-state index in [1.54, 1.807) is 4.68 Å². The number of rotatable bonds is 1. The molecule has 2 N–H and O–H groups in total. The van der Waals surface area contributed by atoms with Crippen molar-refractivity contribution < 1.29 is 9.47 Å².